The molecule has 0 saturated carbocycles. The van der Waals surface area contributed by atoms with Crippen molar-refractivity contribution in [2.24, 2.45) is 0 Å². The number of likely N-dealkylation sites (tertiary alicyclic amines) is 1. The highest BCUT2D eigenvalue weighted by Gasteiger charge is 2.36. The summed E-state index contributed by atoms with van der Waals surface area (Å²) < 4.78 is 6.54. The number of carbonyl (C=O) groups is 1. The first-order chi connectivity index (χ1) is 10.5. The molecular formula is C14H15Cl2N3O3. The minimum Gasteiger partial charge on any atom is -0.468 e. The molecule has 2 aromatic rings. The molecule has 0 amide bonds. The normalized spacial score (nSPS) is 22.4. The Labute approximate surface area is 137 Å². The zero-order chi connectivity index (χ0) is 15.9. The van der Waals surface area contributed by atoms with Crippen molar-refractivity contribution >= 4 is 34.8 Å². The maximum Gasteiger partial charge on any atom is 0.323 e. The van der Waals surface area contributed by atoms with Gasteiger partial charge in [0.2, 0.25) is 0 Å². The van der Waals surface area contributed by atoms with Gasteiger partial charge in [-0.2, -0.15) is 0 Å². The molecule has 1 saturated heterocycles. The van der Waals surface area contributed by atoms with Crippen LogP contribution < -0.4 is 0 Å². The fourth-order valence-electron chi connectivity index (χ4n) is 2.79. The molecule has 2 aromatic heterocycles. The number of pyridine rings is 1. The van der Waals surface area contributed by atoms with E-state index in [0.717, 1.165) is 5.69 Å². The fraction of sp³-hybridized carbons (Fsp3) is 0.429. The van der Waals surface area contributed by atoms with Crippen LogP contribution in [-0.4, -0.2) is 51.2 Å². The highest BCUT2D eigenvalue weighted by Crippen LogP contribution is 2.24. The van der Waals surface area contributed by atoms with Gasteiger partial charge in [0, 0.05) is 31.9 Å². The molecule has 2 unspecified atom stereocenters. The van der Waals surface area contributed by atoms with Crippen LogP contribution in [0.15, 0.2) is 18.5 Å². The highest BCUT2D eigenvalue weighted by atomic mass is 35.5. The number of aliphatic hydroxyl groups excluding tert-OH is 1. The summed E-state index contributed by atoms with van der Waals surface area (Å²) >= 11 is 12.1. The monoisotopic (exact) mass is 343 g/mol. The number of β-amino-alcohol motifs (C(OH)–C–C–N with tert-alkyl or cyclic N) is 1. The molecule has 2 atom stereocenters. The number of aliphatic hydroxyl groups is 1. The molecule has 22 heavy (non-hydrogen) atoms. The van der Waals surface area contributed by atoms with E-state index < -0.39 is 12.1 Å². The third-order valence-corrected chi connectivity index (χ3v) is 4.23. The molecule has 6 nitrogen and oxygen atoms in total. The van der Waals surface area contributed by atoms with Gasteiger partial charge in [0.25, 0.3) is 0 Å². The molecule has 1 N–H and O–H groups in total. The molecule has 118 valence electrons. The van der Waals surface area contributed by atoms with Gasteiger partial charge in [-0.3, -0.25) is 9.69 Å². The van der Waals surface area contributed by atoms with E-state index in [9.17, 15) is 9.90 Å². The lowest BCUT2D eigenvalue weighted by Crippen LogP contribution is -2.36. The molecule has 1 aliphatic rings. The molecular weight excluding hydrogens is 329 g/mol. The first-order valence-electron chi connectivity index (χ1n) is 6.80. The SMILES string of the molecule is COC(=O)C1CC(O)CN1Cc1cn2cc(Cl)cc(Cl)c2n1. The van der Waals surface area contributed by atoms with Crippen molar-refractivity contribution in [2.45, 2.75) is 25.1 Å². The number of fused-ring (bicyclic) bond motifs is 1. The van der Waals surface area contributed by atoms with Crippen LogP contribution in [-0.2, 0) is 16.1 Å². The molecule has 0 aliphatic carbocycles. The zero-order valence-corrected chi connectivity index (χ0v) is 13.4. The molecule has 0 bridgehead atoms. The Morgan fingerprint density at radius 2 is 2.27 bits per heavy atom. The average Bonchev–Trinajstić information content (AvgIpc) is 3.01. The summed E-state index contributed by atoms with van der Waals surface area (Å²) in [5.41, 5.74) is 1.35. The average molecular weight is 344 g/mol. The smallest absolute Gasteiger partial charge is 0.323 e. The number of hydrogen-bond donors (Lipinski definition) is 1. The lowest BCUT2D eigenvalue weighted by molar-refractivity contribution is -0.146. The van der Waals surface area contributed by atoms with Gasteiger partial charge in [-0.25, -0.2) is 4.98 Å². The second kappa shape index (κ2) is 6.04. The van der Waals surface area contributed by atoms with Crippen molar-refractivity contribution < 1.29 is 14.6 Å². The standard InChI is InChI=1S/C14H15Cl2N3O3/c1-22-14(21)12-3-10(20)7-18(12)5-9-6-19-4-8(15)2-11(16)13(19)17-9/h2,4,6,10,12,20H,3,5,7H2,1H3. The predicted molar refractivity (Wildman–Crippen MR) is 82.0 cm³/mol. The molecule has 0 aromatic carbocycles. The second-order valence-corrected chi connectivity index (χ2v) is 6.17. The Hall–Kier alpha value is -1.34. The highest BCUT2D eigenvalue weighted by molar-refractivity contribution is 6.36. The molecule has 3 heterocycles. The topological polar surface area (TPSA) is 67.1 Å². The van der Waals surface area contributed by atoms with Crippen molar-refractivity contribution in [3.8, 4) is 0 Å². The number of aromatic nitrogens is 2. The zero-order valence-electron chi connectivity index (χ0n) is 11.9. The van der Waals surface area contributed by atoms with Crippen molar-refractivity contribution in [3.63, 3.8) is 0 Å². The lowest BCUT2D eigenvalue weighted by atomic mass is 10.2. The number of ether oxygens (including phenoxy) is 1. The molecule has 3 rings (SSSR count). The second-order valence-electron chi connectivity index (χ2n) is 5.33. The van der Waals surface area contributed by atoms with E-state index in [1.807, 2.05) is 11.1 Å². The summed E-state index contributed by atoms with van der Waals surface area (Å²) in [5.74, 6) is -0.346. The minimum absolute atomic E-state index is 0.346. The van der Waals surface area contributed by atoms with Crippen LogP contribution in [0.2, 0.25) is 10.0 Å². The maximum absolute atomic E-state index is 11.8. The van der Waals surface area contributed by atoms with Gasteiger partial charge in [0.1, 0.15) is 6.04 Å². The largest absolute Gasteiger partial charge is 0.468 e. The van der Waals surface area contributed by atoms with E-state index in [0.29, 0.717) is 35.2 Å². The van der Waals surface area contributed by atoms with Gasteiger partial charge in [-0.15, -0.1) is 0 Å². The Morgan fingerprint density at radius 1 is 1.50 bits per heavy atom. The molecule has 1 aliphatic heterocycles. The van der Waals surface area contributed by atoms with Crippen LogP contribution in [0.3, 0.4) is 0 Å². The lowest BCUT2D eigenvalue weighted by Gasteiger charge is -2.20. The summed E-state index contributed by atoms with van der Waals surface area (Å²) in [7, 11) is 1.35. The van der Waals surface area contributed by atoms with E-state index >= 15 is 0 Å². The molecule has 8 heteroatoms. The Morgan fingerprint density at radius 3 is 3.00 bits per heavy atom. The maximum atomic E-state index is 11.8. The minimum atomic E-state index is -0.542. The van der Waals surface area contributed by atoms with Crippen LogP contribution in [0.1, 0.15) is 12.1 Å². The van der Waals surface area contributed by atoms with Crippen LogP contribution in [0.4, 0.5) is 0 Å². The van der Waals surface area contributed by atoms with Crippen molar-refractivity contribution in [3.05, 3.63) is 34.2 Å². The fourth-order valence-corrected chi connectivity index (χ4v) is 3.32. The van der Waals surface area contributed by atoms with E-state index in [1.54, 1.807) is 16.7 Å². The number of esters is 1. The van der Waals surface area contributed by atoms with Gasteiger partial charge in [-0.1, -0.05) is 23.2 Å². The van der Waals surface area contributed by atoms with Crippen molar-refractivity contribution in [2.75, 3.05) is 13.7 Å². The Kier molecular flexibility index (Phi) is 4.27. The molecule has 0 radical (unpaired) electrons. The summed E-state index contributed by atoms with van der Waals surface area (Å²) in [5, 5.41) is 10.8. The number of nitrogens with zero attached hydrogens (tertiary/aromatic N) is 3. The van der Waals surface area contributed by atoms with E-state index in [2.05, 4.69) is 4.98 Å². The number of carbonyl (C=O) groups excluding carboxylic acids is 1. The molecule has 0 spiro atoms. The molecule has 1 fully saturated rings. The number of methoxy groups -OCH3 is 1. The van der Waals surface area contributed by atoms with Gasteiger partial charge < -0.3 is 14.2 Å². The van der Waals surface area contributed by atoms with Gasteiger partial charge in [0.05, 0.1) is 29.0 Å². The van der Waals surface area contributed by atoms with Crippen LogP contribution in [0.25, 0.3) is 5.65 Å². The van der Waals surface area contributed by atoms with Gasteiger partial charge in [0.15, 0.2) is 5.65 Å². The number of halogens is 2. The Bertz CT molecular complexity index is 719. The van der Waals surface area contributed by atoms with Crippen molar-refractivity contribution in [1.29, 1.82) is 0 Å². The van der Waals surface area contributed by atoms with Crippen LogP contribution >= 0.6 is 23.2 Å². The number of imidazole rings is 1. The third kappa shape index (κ3) is 2.92. The number of rotatable bonds is 3. The first kappa shape index (κ1) is 15.6. The van der Waals surface area contributed by atoms with E-state index in [4.69, 9.17) is 27.9 Å². The summed E-state index contributed by atoms with van der Waals surface area (Å²) in [6, 6.07) is 1.18. The van der Waals surface area contributed by atoms with Crippen molar-refractivity contribution in [1.82, 2.24) is 14.3 Å². The van der Waals surface area contributed by atoms with E-state index in [1.165, 1.54) is 7.11 Å². The van der Waals surface area contributed by atoms with Crippen LogP contribution in [0.5, 0.6) is 0 Å². The van der Waals surface area contributed by atoms with Gasteiger partial charge >= 0.3 is 5.97 Å². The predicted octanol–water partition coefficient (Wildman–Crippen LogP) is 1.75. The van der Waals surface area contributed by atoms with Gasteiger partial charge in [-0.05, 0) is 6.07 Å². The quantitative estimate of drug-likeness (QED) is 0.860. The third-order valence-electron chi connectivity index (χ3n) is 3.74. The summed E-state index contributed by atoms with van der Waals surface area (Å²) in [6.07, 6.45) is 3.36. The van der Waals surface area contributed by atoms with E-state index in [-0.39, 0.29) is 5.97 Å². The number of hydrogen-bond acceptors (Lipinski definition) is 5. The summed E-state index contributed by atoms with van der Waals surface area (Å²) in [4.78, 5) is 18.1. The van der Waals surface area contributed by atoms with Crippen LogP contribution in [0, 0.1) is 0 Å². The Balaban J connectivity index is 1.86. The summed E-state index contributed by atoms with van der Waals surface area (Å²) in [6.45, 7) is 0.828. The first-order valence-corrected chi connectivity index (χ1v) is 7.56.